The lowest BCUT2D eigenvalue weighted by Crippen LogP contribution is -2.30. The van der Waals surface area contributed by atoms with Crippen LogP contribution in [-0.2, 0) is 23.8 Å². The average molecular weight is 539 g/mol. The molecule has 0 aliphatic heterocycles. The second kappa shape index (κ2) is 30.2. The second-order valence-electron chi connectivity index (χ2n) is 10.7. The van der Waals surface area contributed by atoms with Gasteiger partial charge in [-0.05, 0) is 38.5 Å². The van der Waals surface area contributed by atoms with Gasteiger partial charge in [-0.3, -0.25) is 9.59 Å². The van der Waals surface area contributed by atoms with Crippen LogP contribution >= 0.6 is 0 Å². The third kappa shape index (κ3) is 27.7. The zero-order chi connectivity index (χ0) is 27.9. The van der Waals surface area contributed by atoms with Gasteiger partial charge in [0.1, 0.15) is 6.61 Å². The Morgan fingerprint density at radius 3 is 1.68 bits per heavy atom. The van der Waals surface area contributed by atoms with Crippen LogP contribution in [0.1, 0.15) is 162 Å². The normalized spacial score (nSPS) is 12.2. The molecule has 0 heterocycles. The lowest BCUT2D eigenvalue weighted by atomic mass is 10.1. The van der Waals surface area contributed by atoms with E-state index in [1.165, 1.54) is 70.6 Å². The second-order valence-corrected chi connectivity index (χ2v) is 10.7. The first kappa shape index (κ1) is 36.6. The minimum Gasteiger partial charge on any atom is -0.462 e. The van der Waals surface area contributed by atoms with Crippen molar-refractivity contribution in [2.45, 2.75) is 168 Å². The summed E-state index contributed by atoms with van der Waals surface area (Å²) >= 11 is 0. The van der Waals surface area contributed by atoms with Crippen molar-refractivity contribution in [2.24, 2.45) is 0 Å². The first-order valence-corrected chi connectivity index (χ1v) is 16.2. The van der Waals surface area contributed by atoms with Crippen molar-refractivity contribution in [1.82, 2.24) is 0 Å². The summed E-state index contributed by atoms with van der Waals surface area (Å²) in [6, 6.07) is 0. The molecule has 0 aromatic rings. The van der Waals surface area contributed by atoms with E-state index >= 15 is 0 Å². The molecule has 224 valence electrons. The van der Waals surface area contributed by atoms with E-state index in [4.69, 9.17) is 14.2 Å². The van der Waals surface area contributed by atoms with Crippen molar-refractivity contribution in [2.75, 3.05) is 19.8 Å². The van der Waals surface area contributed by atoms with Gasteiger partial charge in [0.15, 0.2) is 6.10 Å². The summed E-state index contributed by atoms with van der Waals surface area (Å²) in [5.74, 6) is -0.425. The molecule has 0 N–H and O–H groups in total. The molecular weight excluding hydrogens is 476 g/mol. The lowest BCUT2D eigenvalue weighted by Gasteiger charge is -2.18. The summed E-state index contributed by atoms with van der Waals surface area (Å²) in [6.07, 6.45) is 28.0. The van der Waals surface area contributed by atoms with E-state index in [1.54, 1.807) is 0 Å². The predicted molar refractivity (Wildman–Crippen MR) is 159 cm³/mol. The van der Waals surface area contributed by atoms with Crippen molar-refractivity contribution in [1.29, 1.82) is 0 Å². The van der Waals surface area contributed by atoms with Crippen LogP contribution in [0.15, 0.2) is 12.2 Å². The Morgan fingerprint density at radius 2 is 1.05 bits per heavy atom. The van der Waals surface area contributed by atoms with Crippen LogP contribution in [0.3, 0.4) is 0 Å². The molecule has 5 nitrogen and oxygen atoms in total. The zero-order valence-electron chi connectivity index (χ0n) is 25.5. The van der Waals surface area contributed by atoms with Gasteiger partial charge in [0.05, 0.1) is 6.61 Å². The van der Waals surface area contributed by atoms with E-state index in [9.17, 15) is 9.59 Å². The van der Waals surface area contributed by atoms with Crippen LogP contribution in [-0.4, -0.2) is 37.9 Å². The Kier molecular flexibility index (Phi) is 29.1. The van der Waals surface area contributed by atoms with Crippen LogP contribution in [0.4, 0.5) is 0 Å². The largest absolute Gasteiger partial charge is 0.462 e. The van der Waals surface area contributed by atoms with Crippen molar-refractivity contribution >= 4 is 11.9 Å². The Labute approximate surface area is 235 Å². The third-order valence-corrected chi connectivity index (χ3v) is 6.80. The Bertz CT molecular complexity index is 546. The first-order chi connectivity index (χ1) is 18.6. The highest BCUT2D eigenvalue weighted by atomic mass is 16.6. The predicted octanol–water partition coefficient (Wildman–Crippen LogP) is 9.66. The van der Waals surface area contributed by atoms with Crippen molar-refractivity contribution in [3.8, 4) is 0 Å². The summed E-state index contributed by atoms with van der Waals surface area (Å²) in [6.45, 7) is 7.65. The van der Waals surface area contributed by atoms with Gasteiger partial charge in [-0.2, -0.15) is 0 Å². The van der Waals surface area contributed by atoms with Gasteiger partial charge in [-0.15, -0.1) is 0 Å². The van der Waals surface area contributed by atoms with E-state index in [1.807, 2.05) is 0 Å². The molecule has 0 aromatic heterocycles. The van der Waals surface area contributed by atoms with E-state index in [2.05, 4.69) is 32.9 Å². The number of hydrogen-bond donors (Lipinski definition) is 0. The van der Waals surface area contributed by atoms with E-state index < -0.39 is 6.10 Å². The summed E-state index contributed by atoms with van der Waals surface area (Å²) < 4.78 is 16.9. The van der Waals surface area contributed by atoms with Gasteiger partial charge in [0, 0.05) is 19.4 Å². The van der Waals surface area contributed by atoms with Gasteiger partial charge in [0.25, 0.3) is 0 Å². The van der Waals surface area contributed by atoms with E-state index in [0.717, 1.165) is 57.8 Å². The van der Waals surface area contributed by atoms with E-state index in [0.29, 0.717) is 19.4 Å². The smallest absolute Gasteiger partial charge is 0.306 e. The monoisotopic (exact) mass is 538 g/mol. The van der Waals surface area contributed by atoms with Gasteiger partial charge < -0.3 is 14.2 Å². The molecule has 0 rings (SSSR count). The van der Waals surface area contributed by atoms with E-state index in [-0.39, 0.29) is 25.2 Å². The number of carbonyl (C=O) groups is 2. The molecule has 0 fully saturated rings. The van der Waals surface area contributed by atoms with Crippen LogP contribution in [0, 0.1) is 0 Å². The molecule has 1 atom stereocenters. The summed E-state index contributed by atoms with van der Waals surface area (Å²) in [5, 5.41) is 0. The molecule has 0 saturated carbocycles. The van der Waals surface area contributed by atoms with Crippen LogP contribution in [0.25, 0.3) is 0 Å². The standard InChI is InChI=1S/C33H62O5/c1-4-7-10-13-15-16-17-18-19-21-23-26-32(34)37-30-31(29-36-28-25-22-14-11-8-5-2)38-33(35)27-24-20-12-9-6-3/h13,15,31H,4-12,14,16-30H2,1-3H3/b15-13-. The van der Waals surface area contributed by atoms with Crippen molar-refractivity contribution < 1.29 is 23.8 Å². The molecule has 0 saturated heterocycles. The minimum absolute atomic E-state index is 0.0846. The fourth-order valence-electron chi connectivity index (χ4n) is 4.31. The topological polar surface area (TPSA) is 61.8 Å². The number of carbonyl (C=O) groups excluding carboxylic acids is 2. The molecular formula is C33H62O5. The number of esters is 2. The number of rotatable bonds is 29. The van der Waals surface area contributed by atoms with Crippen LogP contribution in [0.5, 0.6) is 0 Å². The molecule has 0 radical (unpaired) electrons. The Morgan fingerprint density at radius 1 is 0.553 bits per heavy atom. The lowest BCUT2D eigenvalue weighted by molar-refractivity contribution is -0.163. The van der Waals surface area contributed by atoms with Gasteiger partial charge in [-0.1, -0.05) is 123 Å². The molecule has 0 aromatic carbocycles. The summed E-state index contributed by atoms with van der Waals surface area (Å²) in [4.78, 5) is 24.6. The van der Waals surface area contributed by atoms with Gasteiger partial charge in [0.2, 0.25) is 0 Å². The number of unbranched alkanes of at least 4 members (excludes halogenated alkanes) is 16. The quantitative estimate of drug-likeness (QED) is 0.0539. The number of allylic oxidation sites excluding steroid dienone is 2. The Balaban J connectivity index is 4.13. The molecule has 1 unspecified atom stereocenters. The first-order valence-electron chi connectivity index (χ1n) is 16.2. The molecule has 0 amide bonds. The molecule has 0 bridgehead atoms. The third-order valence-electron chi connectivity index (χ3n) is 6.80. The molecule has 0 spiro atoms. The van der Waals surface area contributed by atoms with Crippen molar-refractivity contribution in [3.05, 3.63) is 12.2 Å². The summed E-state index contributed by atoms with van der Waals surface area (Å²) in [5.41, 5.74) is 0. The SMILES string of the molecule is CCCC/C=C\CCCCCCCC(=O)OCC(COCCCCCCCC)OC(=O)CCCCCCC. The number of ether oxygens (including phenoxy) is 3. The molecule has 5 heteroatoms. The van der Waals surface area contributed by atoms with Crippen molar-refractivity contribution in [3.63, 3.8) is 0 Å². The van der Waals surface area contributed by atoms with Gasteiger partial charge >= 0.3 is 11.9 Å². The minimum atomic E-state index is -0.521. The molecule has 38 heavy (non-hydrogen) atoms. The maximum absolute atomic E-state index is 12.3. The highest BCUT2D eigenvalue weighted by Crippen LogP contribution is 2.11. The average Bonchev–Trinajstić information content (AvgIpc) is 2.91. The Hall–Kier alpha value is -1.36. The fourth-order valence-corrected chi connectivity index (χ4v) is 4.31. The molecule has 0 aliphatic carbocycles. The maximum atomic E-state index is 12.3. The highest BCUT2D eigenvalue weighted by Gasteiger charge is 2.17. The maximum Gasteiger partial charge on any atom is 0.306 e. The summed E-state index contributed by atoms with van der Waals surface area (Å²) in [7, 11) is 0. The fraction of sp³-hybridized carbons (Fsp3) is 0.879. The molecule has 0 aliphatic rings. The zero-order valence-corrected chi connectivity index (χ0v) is 25.5. The van der Waals surface area contributed by atoms with Gasteiger partial charge in [-0.25, -0.2) is 0 Å². The van der Waals surface area contributed by atoms with Crippen LogP contribution < -0.4 is 0 Å². The van der Waals surface area contributed by atoms with Crippen LogP contribution in [0.2, 0.25) is 0 Å². The highest BCUT2D eigenvalue weighted by molar-refractivity contribution is 5.70. The number of hydrogen-bond acceptors (Lipinski definition) is 5.